The molecule has 3 rings (SSSR count). The zero-order chi connectivity index (χ0) is 16.9. The number of carbonyl (C=O) groups excluding carboxylic acids is 1. The van der Waals surface area contributed by atoms with Crippen molar-refractivity contribution in [3.63, 3.8) is 0 Å². The highest BCUT2D eigenvalue weighted by Crippen LogP contribution is 2.40. The maximum Gasteiger partial charge on any atom is 0.254 e. The van der Waals surface area contributed by atoms with Gasteiger partial charge in [0, 0.05) is 18.7 Å². The molecule has 132 valence electrons. The van der Waals surface area contributed by atoms with E-state index in [0.717, 1.165) is 39.0 Å². The van der Waals surface area contributed by atoms with Gasteiger partial charge in [0.05, 0.1) is 7.11 Å². The van der Waals surface area contributed by atoms with E-state index in [1.807, 2.05) is 4.90 Å². The van der Waals surface area contributed by atoms with E-state index >= 15 is 0 Å². The van der Waals surface area contributed by atoms with Gasteiger partial charge in [-0.1, -0.05) is 6.92 Å². The molecule has 2 aliphatic heterocycles. The van der Waals surface area contributed by atoms with Crippen LogP contribution in [-0.2, 0) is 0 Å². The van der Waals surface area contributed by atoms with Crippen LogP contribution >= 0.6 is 0 Å². The van der Waals surface area contributed by atoms with Crippen LogP contribution in [0.1, 0.15) is 30.1 Å². The zero-order valence-electron chi connectivity index (χ0n) is 14.5. The van der Waals surface area contributed by atoms with E-state index in [1.165, 1.54) is 0 Å². The fraction of sp³-hybridized carbons (Fsp3) is 0.611. The molecular weight excluding hydrogens is 308 g/mol. The lowest BCUT2D eigenvalue weighted by Gasteiger charge is -2.32. The number of piperidine rings is 1. The number of hydrogen-bond acceptors (Lipinski definition) is 5. The van der Waals surface area contributed by atoms with Crippen molar-refractivity contribution in [1.82, 2.24) is 10.2 Å². The molecule has 1 aromatic carbocycles. The van der Waals surface area contributed by atoms with Crippen LogP contribution in [0, 0.1) is 5.92 Å². The molecule has 24 heavy (non-hydrogen) atoms. The maximum absolute atomic E-state index is 12.8. The second-order valence-electron chi connectivity index (χ2n) is 6.25. The lowest BCUT2D eigenvalue weighted by molar-refractivity contribution is 0.0688. The molecule has 0 radical (unpaired) electrons. The van der Waals surface area contributed by atoms with Gasteiger partial charge in [0.15, 0.2) is 11.5 Å². The summed E-state index contributed by atoms with van der Waals surface area (Å²) in [5.74, 6) is 2.42. The minimum Gasteiger partial charge on any atom is -0.493 e. The molecule has 0 spiro atoms. The Morgan fingerprint density at radius 1 is 1.29 bits per heavy atom. The molecule has 2 heterocycles. The SMILES string of the molecule is CCNCC1CCN(C(=O)c2cc(OC)c3c(c2)OCCO3)CC1. The molecule has 2 aliphatic rings. The monoisotopic (exact) mass is 334 g/mol. The Bertz CT molecular complexity index is 565. The van der Waals surface area contributed by atoms with Gasteiger partial charge < -0.3 is 24.4 Å². The van der Waals surface area contributed by atoms with Crippen molar-refractivity contribution in [2.24, 2.45) is 5.92 Å². The number of benzene rings is 1. The third-order valence-corrected chi connectivity index (χ3v) is 4.66. The summed E-state index contributed by atoms with van der Waals surface area (Å²) in [6, 6.07) is 3.52. The smallest absolute Gasteiger partial charge is 0.254 e. The van der Waals surface area contributed by atoms with Gasteiger partial charge in [-0.25, -0.2) is 0 Å². The average molecular weight is 334 g/mol. The summed E-state index contributed by atoms with van der Waals surface area (Å²) in [7, 11) is 1.58. The number of nitrogens with zero attached hydrogens (tertiary/aromatic N) is 1. The molecule has 6 nitrogen and oxygen atoms in total. The number of likely N-dealkylation sites (tertiary alicyclic amines) is 1. The fourth-order valence-electron chi connectivity index (χ4n) is 3.27. The Kier molecular flexibility index (Phi) is 5.45. The van der Waals surface area contributed by atoms with Crippen molar-refractivity contribution in [1.29, 1.82) is 0 Å². The first-order valence-electron chi connectivity index (χ1n) is 8.70. The average Bonchev–Trinajstić information content (AvgIpc) is 2.65. The van der Waals surface area contributed by atoms with Gasteiger partial charge in [-0.05, 0) is 44.0 Å². The predicted octanol–water partition coefficient (Wildman–Crippen LogP) is 1.93. The minimum absolute atomic E-state index is 0.0344. The van der Waals surface area contributed by atoms with Crippen LogP contribution in [0.5, 0.6) is 17.2 Å². The summed E-state index contributed by atoms with van der Waals surface area (Å²) >= 11 is 0. The fourth-order valence-corrected chi connectivity index (χ4v) is 3.27. The van der Waals surface area contributed by atoms with E-state index < -0.39 is 0 Å². The van der Waals surface area contributed by atoms with E-state index in [0.29, 0.717) is 41.9 Å². The molecule has 1 N–H and O–H groups in total. The topological polar surface area (TPSA) is 60.0 Å². The second-order valence-corrected chi connectivity index (χ2v) is 6.25. The lowest BCUT2D eigenvalue weighted by atomic mass is 9.96. The van der Waals surface area contributed by atoms with Crippen molar-refractivity contribution in [3.05, 3.63) is 17.7 Å². The van der Waals surface area contributed by atoms with Crippen LogP contribution in [0.2, 0.25) is 0 Å². The predicted molar refractivity (Wildman–Crippen MR) is 91.2 cm³/mol. The molecule has 0 atom stereocenters. The number of nitrogens with one attached hydrogen (secondary N) is 1. The van der Waals surface area contributed by atoms with Crippen molar-refractivity contribution in [3.8, 4) is 17.2 Å². The summed E-state index contributed by atoms with van der Waals surface area (Å²) in [5, 5.41) is 3.39. The van der Waals surface area contributed by atoms with E-state index in [4.69, 9.17) is 14.2 Å². The molecule has 6 heteroatoms. The standard InChI is InChI=1S/C18H26N2O4/c1-3-19-12-13-4-6-20(7-5-13)18(21)14-10-15(22-2)17-16(11-14)23-8-9-24-17/h10-11,13,19H,3-9,12H2,1-2H3. The van der Waals surface area contributed by atoms with Crippen LogP contribution in [0.3, 0.4) is 0 Å². The molecule has 0 unspecified atom stereocenters. The number of amides is 1. The number of rotatable bonds is 5. The molecule has 1 amide bonds. The highest BCUT2D eigenvalue weighted by molar-refractivity contribution is 5.95. The van der Waals surface area contributed by atoms with Gasteiger partial charge in [0.1, 0.15) is 13.2 Å². The largest absolute Gasteiger partial charge is 0.493 e. The van der Waals surface area contributed by atoms with Gasteiger partial charge in [-0.2, -0.15) is 0 Å². The van der Waals surface area contributed by atoms with Crippen LogP contribution in [-0.4, -0.2) is 57.3 Å². The van der Waals surface area contributed by atoms with Crippen LogP contribution in [0.15, 0.2) is 12.1 Å². The van der Waals surface area contributed by atoms with Crippen LogP contribution in [0.4, 0.5) is 0 Å². The number of carbonyl (C=O) groups is 1. The molecule has 0 aromatic heterocycles. The first-order chi connectivity index (χ1) is 11.7. The summed E-state index contributed by atoms with van der Waals surface area (Å²) in [6.45, 7) is 6.73. The Morgan fingerprint density at radius 3 is 2.75 bits per heavy atom. The highest BCUT2D eigenvalue weighted by Gasteiger charge is 2.26. The van der Waals surface area contributed by atoms with Crippen LogP contribution < -0.4 is 19.5 Å². The Balaban J connectivity index is 1.69. The number of ether oxygens (including phenoxy) is 3. The summed E-state index contributed by atoms with van der Waals surface area (Å²) < 4.78 is 16.6. The van der Waals surface area contributed by atoms with Gasteiger partial charge >= 0.3 is 0 Å². The summed E-state index contributed by atoms with van der Waals surface area (Å²) in [4.78, 5) is 14.8. The molecule has 1 fully saturated rings. The zero-order valence-corrected chi connectivity index (χ0v) is 14.5. The maximum atomic E-state index is 12.8. The quantitative estimate of drug-likeness (QED) is 0.891. The molecular formula is C18H26N2O4. The lowest BCUT2D eigenvalue weighted by Crippen LogP contribution is -2.40. The molecule has 0 saturated carbocycles. The van der Waals surface area contributed by atoms with E-state index in [-0.39, 0.29) is 5.91 Å². The third-order valence-electron chi connectivity index (χ3n) is 4.66. The second kappa shape index (κ2) is 7.75. The Hall–Kier alpha value is -1.95. The van der Waals surface area contributed by atoms with Crippen molar-refractivity contribution < 1.29 is 19.0 Å². The highest BCUT2D eigenvalue weighted by atomic mass is 16.6. The van der Waals surface area contributed by atoms with E-state index in [1.54, 1.807) is 19.2 Å². The van der Waals surface area contributed by atoms with Gasteiger partial charge in [-0.3, -0.25) is 4.79 Å². The number of hydrogen-bond donors (Lipinski definition) is 1. The molecule has 0 aliphatic carbocycles. The van der Waals surface area contributed by atoms with Crippen molar-refractivity contribution in [2.45, 2.75) is 19.8 Å². The number of fused-ring (bicyclic) bond motifs is 1. The Morgan fingerprint density at radius 2 is 2.04 bits per heavy atom. The molecule has 1 saturated heterocycles. The van der Waals surface area contributed by atoms with E-state index in [2.05, 4.69) is 12.2 Å². The molecule has 1 aromatic rings. The van der Waals surface area contributed by atoms with Crippen molar-refractivity contribution >= 4 is 5.91 Å². The normalized spacial score (nSPS) is 17.7. The van der Waals surface area contributed by atoms with Gasteiger partial charge in [0.2, 0.25) is 5.75 Å². The summed E-state index contributed by atoms with van der Waals surface area (Å²) in [6.07, 6.45) is 2.08. The van der Waals surface area contributed by atoms with Gasteiger partial charge in [0.25, 0.3) is 5.91 Å². The Labute approximate surface area is 143 Å². The summed E-state index contributed by atoms with van der Waals surface area (Å²) in [5.41, 5.74) is 0.598. The van der Waals surface area contributed by atoms with Crippen molar-refractivity contribution in [2.75, 3.05) is 46.5 Å². The van der Waals surface area contributed by atoms with E-state index in [9.17, 15) is 4.79 Å². The minimum atomic E-state index is 0.0344. The molecule has 0 bridgehead atoms. The first-order valence-corrected chi connectivity index (χ1v) is 8.70. The first kappa shape index (κ1) is 16.9. The third kappa shape index (κ3) is 3.59. The van der Waals surface area contributed by atoms with Crippen LogP contribution in [0.25, 0.3) is 0 Å². The van der Waals surface area contributed by atoms with Gasteiger partial charge in [-0.15, -0.1) is 0 Å². The number of methoxy groups -OCH3 is 1.